The van der Waals surface area contributed by atoms with Crippen LogP contribution >= 0.6 is 0 Å². The zero-order valence-corrected chi connectivity index (χ0v) is 6.10. The van der Waals surface area contributed by atoms with Crippen molar-refractivity contribution in [2.45, 2.75) is 26.8 Å². The van der Waals surface area contributed by atoms with E-state index in [4.69, 9.17) is 0 Å². The summed E-state index contributed by atoms with van der Waals surface area (Å²) in [6, 6.07) is 0.510. The van der Waals surface area contributed by atoms with Gasteiger partial charge in [-0.2, -0.15) is 0 Å². The molecule has 0 saturated heterocycles. The van der Waals surface area contributed by atoms with Gasteiger partial charge in [-0.1, -0.05) is 0 Å². The van der Waals surface area contributed by atoms with E-state index in [0.717, 1.165) is 0 Å². The third kappa shape index (κ3) is 1.16. The van der Waals surface area contributed by atoms with Crippen LogP contribution in [0.4, 0.5) is 0 Å². The number of nitrogens with one attached hydrogen (secondary N) is 2. The molecule has 0 amide bonds. The Kier molecular flexibility index (Phi) is 1.62. The molecule has 0 fully saturated rings. The van der Waals surface area contributed by atoms with Crippen molar-refractivity contribution in [3.63, 3.8) is 0 Å². The first-order valence-electron chi connectivity index (χ1n) is 3.19. The molecule has 1 aliphatic rings. The topological polar surface area (TPSA) is 27.3 Å². The van der Waals surface area contributed by atoms with Crippen molar-refractivity contribution >= 4 is 0 Å². The minimum atomic E-state index is 0.510. The van der Waals surface area contributed by atoms with Gasteiger partial charge in [0.1, 0.15) is 0 Å². The maximum absolute atomic E-state index is 3.00. The van der Waals surface area contributed by atoms with E-state index in [0.29, 0.717) is 6.04 Å². The van der Waals surface area contributed by atoms with E-state index in [1.54, 1.807) is 0 Å². The number of nitrogens with zero attached hydrogens (tertiary/aromatic N) is 1. The van der Waals surface area contributed by atoms with E-state index in [2.05, 4.69) is 36.7 Å². The van der Waals surface area contributed by atoms with E-state index >= 15 is 0 Å². The largest absolute Gasteiger partial charge is 0.309 e. The molecule has 0 radical (unpaired) electrons. The highest BCUT2D eigenvalue weighted by atomic mass is 15.7. The second-order valence-electron chi connectivity index (χ2n) is 2.51. The second-order valence-corrected chi connectivity index (χ2v) is 2.51. The number of hydrazine groups is 2. The van der Waals surface area contributed by atoms with Crippen molar-refractivity contribution in [2.75, 3.05) is 0 Å². The molecule has 0 aliphatic carbocycles. The monoisotopic (exact) mass is 127 g/mol. The Bertz CT molecular complexity index is 128. The lowest BCUT2D eigenvalue weighted by Crippen LogP contribution is -2.41. The van der Waals surface area contributed by atoms with Crippen LogP contribution in [0.25, 0.3) is 0 Å². The van der Waals surface area contributed by atoms with Crippen molar-refractivity contribution in [1.82, 2.24) is 16.0 Å². The van der Waals surface area contributed by atoms with Crippen molar-refractivity contribution in [3.05, 3.63) is 11.9 Å². The first-order chi connectivity index (χ1) is 4.22. The summed E-state index contributed by atoms with van der Waals surface area (Å²) in [6.45, 7) is 6.34. The zero-order chi connectivity index (χ0) is 6.85. The van der Waals surface area contributed by atoms with Gasteiger partial charge in [-0.3, -0.25) is 5.01 Å². The van der Waals surface area contributed by atoms with Gasteiger partial charge in [0.05, 0.1) is 0 Å². The lowest BCUT2D eigenvalue weighted by molar-refractivity contribution is 0.203. The maximum Gasteiger partial charge on any atom is 0.0455 e. The molecule has 9 heavy (non-hydrogen) atoms. The molecular formula is C6H13N3. The van der Waals surface area contributed by atoms with Gasteiger partial charge in [-0.15, -0.1) is 5.53 Å². The third-order valence-corrected chi connectivity index (χ3v) is 1.36. The Labute approximate surface area is 55.7 Å². The molecule has 0 spiro atoms. The molecule has 0 aromatic carbocycles. The second kappa shape index (κ2) is 2.27. The first kappa shape index (κ1) is 6.42. The third-order valence-electron chi connectivity index (χ3n) is 1.36. The lowest BCUT2D eigenvalue weighted by atomic mass is 10.3. The Balaban J connectivity index is 2.53. The molecule has 0 unspecified atom stereocenters. The molecule has 1 aliphatic heterocycles. The van der Waals surface area contributed by atoms with Crippen LogP contribution in [0.5, 0.6) is 0 Å². The van der Waals surface area contributed by atoms with E-state index < -0.39 is 0 Å². The van der Waals surface area contributed by atoms with Crippen LogP contribution in [0.3, 0.4) is 0 Å². The van der Waals surface area contributed by atoms with Crippen LogP contribution in [0.15, 0.2) is 11.9 Å². The number of rotatable bonds is 1. The fourth-order valence-corrected chi connectivity index (χ4v) is 0.900. The van der Waals surface area contributed by atoms with Gasteiger partial charge in [0, 0.05) is 17.9 Å². The van der Waals surface area contributed by atoms with Gasteiger partial charge >= 0.3 is 0 Å². The average molecular weight is 127 g/mol. The number of hydrogen-bond acceptors (Lipinski definition) is 3. The van der Waals surface area contributed by atoms with Crippen LogP contribution < -0.4 is 11.0 Å². The molecule has 0 aromatic heterocycles. The highest BCUT2D eigenvalue weighted by molar-refractivity contribution is 4.99. The number of hydrogen-bond donors (Lipinski definition) is 2. The Morgan fingerprint density at radius 3 is 2.44 bits per heavy atom. The van der Waals surface area contributed by atoms with Gasteiger partial charge in [-0.25, -0.2) is 0 Å². The maximum atomic E-state index is 3.00. The van der Waals surface area contributed by atoms with Crippen molar-refractivity contribution in [2.24, 2.45) is 0 Å². The van der Waals surface area contributed by atoms with Crippen LogP contribution in [0.1, 0.15) is 20.8 Å². The summed E-state index contributed by atoms with van der Waals surface area (Å²) < 4.78 is 0. The highest BCUT2D eigenvalue weighted by Crippen LogP contribution is 2.06. The molecule has 2 N–H and O–H groups in total. The molecule has 0 bridgehead atoms. The van der Waals surface area contributed by atoms with E-state index in [1.165, 1.54) is 5.70 Å². The average Bonchev–Trinajstić information content (AvgIpc) is 2.13. The van der Waals surface area contributed by atoms with Gasteiger partial charge in [0.25, 0.3) is 0 Å². The molecule has 52 valence electrons. The highest BCUT2D eigenvalue weighted by Gasteiger charge is 2.11. The molecule has 1 rings (SSSR count). The van der Waals surface area contributed by atoms with E-state index in [9.17, 15) is 0 Å². The molecule has 0 atom stereocenters. The molecule has 0 aromatic rings. The van der Waals surface area contributed by atoms with Crippen LogP contribution in [-0.4, -0.2) is 11.1 Å². The molecule has 3 heteroatoms. The normalized spacial score (nSPS) is 18.2. The molecule has 1 heterocycles. The van der Waals surface area contributed by atoms with Crippen LogP contribution in [-0.2, 0) is 0 Å². The summed E-state index contributed by atoms with van der Waals surface area (Å²) in [7, 11) is 0. The fraction of sp³-hybridized carbons (Fsp3) is 0.667. The van der Waals surface area contributed by atoms with Crippen LogP contribution in [0, 0.1) is 0 Å². The van der Waals surface area contributed by atoms with Gasteiger partial charge < -0.3 is 5.43 Å². The van der Waals surface area contributed by atoms with Gasteiger partial charge in [-0.05, 0) is 20.8 Å². The minimum absolute atomic E-state index is 0.510. The molecular weight excluding hydrogens is 114 g/mol. The van der Waals surface area contributed by atoms with Gasteiger partial charge in [0.2, 0.25) is 0 Å². The lowest BCUT2D eigenvalue weighted by Gasteiger charge is -2.23. The summed E-state index contributed by atoms with van der Waals surface area (Å²) in [6.07, 6.45) is 1.94. The summed E-state index contributed by atoms with van der Waals surface area (Å²) in [5, 5.41) is 2.07. The van der Waals surface area contributed by atoms with Crippen molar-refractivity contribution in [3.8, 4) is 0 Å². The Morgan fingerprint density at radius 2 is 2.22 bits per heavy atom. The van der Waals surface area contributed by atoms with E-state index in [-0.39, 0.29) is 0 Å². The predicted molar refractivity (Wildman–Crippen MR) is 37.0 cm³/mol. The summed E-state index contributed by atoms with van der Waals surface area (Å²) in [5.41, 5.74) is 7.14. The van der Waals surface area contributed by atoms with E-state index in [1.807, 2.05) is 6.20 Å². The van der Waals surface area contributed by atoms with Crippen molar-refractivity contribution < 1.29 is 0 Å². The summed E-state index contributed by atoms with van der Waals surface area (Å²) in [5.74, 6) is 0. The van der Waals surface area contributed by atoms with Crippen LogP contribution in [0.2, 0.25) is 0 Å². The Hall–Kier alpha value is -0.700. The smallest absolute Gasteiger partial charge is 0.0455 e. The van der Waals surface area contributed by atoms with Gasteiger partial charge in [0.15, 0.2) is 0 Å². The minimum Gasteiger partial charge on any atom is -0.309 e. The fourth-order valence-electron chi connectivity index (χ4n) is 0.900. The predicted octanol–water partition coefficient (Wildman–Crippen LogP) is 0.581. The summed E-state index contributed by atoms with van der Waals surface area (Å²) >= 11 is 0. The standard InChI is InChI=1S/C6H13N3/c1-5(2)9-6(3)4-7-8-9/h4-5,7-8H,1-3H3. The Morgan fingerprint density at radius 1 is 1.56 bits per heavy atom. The summed E-state index contributed by atoms with van der Waals surface area (Å²) in [4.78, 5) is 0. The number of allylic oxidation sites excluding steroid dienone is 1. The zero-order valence-electron chi connectivity index (χ0n) is 6.10. The quantitative estimate of drug-likeness (QED) is 0.539. The molecule has 3 nitrogen and oxygen atoms in total. The first-order valence-corrected chi connectivity index (χ1v) is 3.19. The SMILES string of the molecule is CC1=CNNN1C(C)C. The van der Waals surface area contributed by atoms with Crippen molar-refractivity contribution in [1.29, 1.82) is 0 Å². The molecule has 0 saturated carbocycles.